The fourth-order valence-electron chi connectivity index (χ4n) is 2.89. The smallest absolute Gasteiger partial charge is 0.335 e. The molecule has 1 atom stereocenters. The van der Waals surface area contributed by atoms with Crippen molar-refractivity contribution in [3.63, 3.8) is 0 Å². The van der Waals surface area contributed by atoms with Crippen LogP contribution in [0.4, 0.5) is 0 Å². The number of aromatic carboxylic acids is 1. The van der Waals surface area contributed by atoms with E-state index in [0.29, 0.717) is 11.5 Å². The van der Waals surface area contributed by atoms with E-state index in [1.54, 1.807) is 12.1 Å². The molecule has 5 nitrogen and oxygen atoms in total. The Balaban J connectivity index is 2.03. The normalized spacial score (nSPS) is 17.8. The molecular formula is C15H21NO4S. The summed E-state index contributed by atoms with van der Waals surface area (Å²) in [6, 6.07) is 5.98. The summed E-state index contributed by atoms with van der Waals surface area (Å²) < 4.78 is 27.1. The minimum atomic E-state index is -3.46. The molecule has 0 aliphatic heterocycles. The Morgan fingerprint density at radius 1 is 1.38 bits per heavy atom. The van der Waals surface area contributed by atoms with E-state index in [-0.39, 0.29) is 17.4 Å². The van der Waals surface area contributed by atoms with Crippen molar-refractivity contribution in [2.75, 3.05) is 0 Å². The first-order valence-corrected chi connectivity index (χ1v) is 8.85. The van der Waals surface area contributed by atoms with Crippen LogP contribution in [0.25, 0.3) is 0 Å². The standard InChI is InChI=1S/C15H21NO4S/c1-11(13-6-2-3-7-13)16-21(19,20)10-12-5-4-8-14(9-12)15(17)18/h4-5,8-9,11,13,16H,2-3,6-7,10H2,1H3,(H,17,18)/t11-/m0/s1. The summed E-state index contributed by atoms with van der Waals surface area (Å²) in [5.41, 5.74) is 0.590. The zero-order valence-corrected chi connectivity index (χ0v) is 12.9. The van der Waals surface area contributed by atoms with Crippen molar-refractivity contribution in [2.45, 2.75) is 44.4 Å². The monoisotopic (exact) mass is 311 g/mol. The quantitative estimate of drug-likeness (QED) is 0.845. The number of sulfonamides is 1. The van der Waals surface area contributed by atoms with Gasteiger partial charge in [0.25, 0.3) is 0 Å². The molecule has 1 saturated carbocycles. The molecule has 0 spiro atoms. The maximum Gasteiger partial charge on any atom is 0.335 e. The number of rotatable bonds is 6. The van der Waals surface area contributed by atoms with Gasteiger partial charge in [-0.05, 0) is 43.4 Å². The molecule has 6 heteroatoms. The molecule has 1 aliphatic carbocycles. The van der Waals surface area contributed by atoms with Crippen LogP contribution >= 0.6 is 0 Å². The number of carboxylic acid groups (broad SMARTS) is 1. The van der Waals surface area contributed by atoms with Crippen LogP contribution in [0.15, 0.2) is 24.3 Å². The van der Waals surface area contributed by atoms with Gasteiger partial charge in [0.05, 0.1) is 11.3 Å². The maximum atomic E-state index is 12.2. The number of hydrogen-bond acceptors (Lipinski definition) is 3. The van der Waals surface area contributed by atoms with Gasteiger partial charge in [-0.3, -0.25) is 0 Å². The molecule has 1 aliphatic rings. The fraction of sp³-hybridized carbons (Fsp3) is 0.533. The van der Waals surface area contributed by atoms with Crippen molar-refractivity contribution in [2.24, 2.45) is 5.92 Å². The molecule has 0 bridgehead atoms. The minimum absolute atomic E-state index is 0.0693. The van der Waals surface area contributed by atoms with Crippen molar-refractivity contribution < 1.29 is 18.3 Å². The Morgan fingerprint density at radius 2 is 2.05 bits per heavy atom. The van der Waals surface area contributed by atoms with Crippen LogP contribution in [0.3, 0.4) is 0 Å². The summed E-state index contributed by atoms with van der Waals surface area (Å²) in [7, 11) is -3.46. The van der Waals surface area contributed by atoms with Crippen LogP contribution in [0, 0.1) is 5.92 Å². The number of carbonyl (C=O) groups is 1. The number of carboxylic acids is 1. The molecule has 0 heterocycles. The number of nitrogens with one attached hydrogen (secondary N) is 1. The van der Waals surface area contributed by atoms with Crippen molar-refractivity contribution >= 4 is 16.0 Å². The first-order chi connectivity index (χ1) is 9.87. The Labute approximate surface area is 125 Å². The number of benzene rings is 1. The van der Waals surface area contributed by atoms with Crippen LogP contribution in [-0.4, -0.2) is 25.5 Å². The third-order valence-corrected chi connectivity index (χ3v) is 5.45. The van der Waals surface area contributed by atoms with Crippen molar-refractivity contribution in [3.8, 4) is 0 Å². The molecular weight excluding hydrogens is 290 g/mol. The summed E-state index contributed by atoms with van der Waals surface area (Å²) in [5, 5.41) is 8.93. The molecule has 2 rings (SSSR count). The Hall–Kier alpha value is -1.40. The van der Waals surface area contributed by atoms with Crippen molar-refractivity contribution in [3.05, 3.63) is 35.4 Å². The Kier molecular flexibility index (Phi) is 5.00. The lowest BCUT2D eigenvalue weighted by Crippen LogP contribution is -2.37. The molecule has 0 saturated heterocycles. The predicted molar refractivity (Wildman–Crippen MR) is 80.6 cm³/mol. The predicted octanol–water partition coefficient (Wildman–Crippen LogP) is 2.38. The van der Waals surface area contributed by atoms with E-state index in [1.165, 1.54) is 12.1 Å². The molecule has 0 aromatic heterocycles. The summed E-state index contributed by atoms with van der Waals surface area (Å²) in [6.07, 6.45) is 4.46. The highest BCUT2D eigenvalue weighted by molar-refractivity contribution is 7.88. The lowest BCUT2D eigenvalue weighted by Gasteiger charge is -2.20. The van der Waals surface area contributed by atoms with Crippen LogP contribution in [0.5, 0.6) is 0 Å². The van der Waals surface area contributed by atoms with Crippen LogP contribution in [0.1, 0.15) is 48.5 Å². The molecule has 1 aromatic rings. The SMILES string of the molecule is C[C@H](NS(=O)(=O)Cc1cccc(C(=O)O)c1)C1CCCC1. The molecule has 1 fully saturated rings. The largest absolute Gasteiger partial charge is 0.478 e. The lowest BCUT2D eigenvalue weighted by atomic mass is 10.0. The maximum absolute atomic E-state index is 12.2. The Bertz CT molecular complexity index is 606. The van der Waals surface area contributed by atoms with Gasteiger partial charge in [0.15, 0.2) is 0 Å². The topological polar surface area (TPSA) is 83.5 Å². The van der Waals surface area contributed by atoms with Crippen LogP contribution < -0.4 is 4.72 Å². The highest BCUT2D eigenvalue weighted by Gasteiger charge is 2.25. The van der Waals surface area contributed by atoms with E-state index >= 15 is 0 Å². The van der Waals surface area contributed by atoms with Crippen molar-refractivity contribution in [1.29, 1.82) is 0 Å². The summed E-state index contributed by atoms with van der Waals surface area (Å²) in [4.78, 5) is 10.9. The first-order valence-electron chi connectivity index (χ1n) is 7.19. The summed E-state index contributed by atoms with van der Waals surface area (Å²) >= 11 is 0. The molecule has 0 unspecified atom stereocenters. The molecule has 0 amide bonds. The summed E-state index contributed by atoms with van der Waals surface area (Å²) in [5.74, 6) is -0.836. The van der Waals surface area contributed by atoms with Gasteiger partial charge in [-0.1, -0.05) is 25.0 Å². The second-order valence-corrected chi connectivity index (χ2v) is 7.47. The van der Waals surface area contributed by atoms with E-state index in [9.17, 15) is 13.2 Å². The second-order valence-electron chi connectivity index (χ2n) is 5.72. The Morgan fingerprint density at radius 3 is 2.67 bits per heavy atom. The van der Waals surface area contributed by atoms with Gasteiger partial charge in [0.1, 0.15) is 0 Å². The van der Waals surface area contributed by atoms with E-state index in [1.807, 2.05) is 6.92 Å². The number of hydrogen-bond donors (Lipinski definition) is 2. The van der Waals surface area contributed by atoms with Gasteiger partial charge < -0.3 is 5.11 Å². The van der Waals surface area contributed by atoms with Gasteiger partial charge in [-0.2, -0.15) is 0 Å². The highest BCUT2D eigenvalue weighted by atomic mass is 32.2. The van der Waals surface area contributed by atoms with Gasteiger partial charge in [-0.25, -0.2) is 17.9 Å². The van der Waals surface area contributed by atoms with Gasteiger partial charge >= 0.3 is 5.97 Å². The molecule has 116 valence electrons. The zero-order valence-electron chi connectivity index (χ0n) is 12.1. The first kappa shape index (κ1) is 16.0. The van der Waals surface area contributed by atoms with Crippen LogP contribution in [-0.2, 0) is 15.8 Å². The zero-order chi connectivity index (χ0) is 15.5. The third kappa shape index (κ3) is 4.54. The van der Waals surface area contributed by atoms with Gasteiger partial charge in [0, 0.05) is 6.04 Å². The van der Waals surface area contributed by atoms with E-state index in [4.69, 9.17) is 5.11 Å². The molecule has 1 aromatic carbocycles. The third-order valence-electron chi connectivity index (χ3n) is 4.00. The lowest BCUT2D eigenvalue weighted by molar-refractivity contribution is 0.0696. The van der Waals surface area contributed by atoms with Crippen molar-refractivity contribution in [1.82, 2.24) is 4.72 Å². The molecule has 21 heavy (non-hydrogen) atoms. The van der Waals surface area contributed by atoms with E-state index < -0.39 is 16.0 Å². The highest BCUT2D eigenvalue weighted by Crippen LogP contribution is 2.28. The van der Waals surface area contributed by atoms with Gasteiger partial charge in [0.2, 0.25) is 10.0 Å². The van der Waals surface area contributed by atoms with E-state index in [0.717, 1.165) is 25.7 Å². The molecule has 0 radical (unpaired) electrons. The average Bonchev–Trinajstić information content (AvgIpc) is 2.91. The van der Waals surface area contributed by atoms with E-state index in [2.05, 4.69) is 4.72 Å². The average molecular weight is 311 g/mol. The second kappa shape index (κ2) is 6.58. The summed E-state index contributed by atoms with van der Waals surface area (Å²) in [6.45, 7) is 1.90. The van der Waals surface area contributed by atoms with Gasteiger partial charge in [-0.15, -0.1) is 0 Å². The fourth-order valence-corrected chi connectivity index (χ4v) is 4.35. The minimum Gasteiger partial charge on any atom is -0.478 e. The molecule has 2 N–H and O–H groups in total. The van der Waals surface area contributed by atoms with Crippen LogP contribution in [0.2, 0.25) is 0 Å².